The molecule has 0 saturated carbocycles. The van der Waals surface area contributed by atoms with Crippen molar-refractivity contribution in [3.63, 3.8) is 0 Å². The van der Waals surface area contributed by atoms with Crippen LogP contribution in [-0.4, -0.2) is 25.4 Å². The lowest BCUT2D eigenvalue weighted by Crippen LogP contribution is -1.85. The number of aromatic amines is 1. The summed E-state index contributed by atoms with van der Waals surface area (Å²) >= 11 is 1.32. The van der Waals surface area contributed by atoms with E-state index in [9.17, 15) is 4.39 Å². The molecular weight excluding hydrogens is 283 g/mol. The molecule has 2 heterocycles. The van der Waals surface area contributed by atoms with Crippen molar-refractivity contribution in [3.05, 3.63) is 36.0 Å². The molecule has 0 atom stereocenters. The van der Waals surface area contributed by atoms with Crippen molar-refractivity contribution < 1.29 is 8.81 Å². The van der Waals surface area contributed by atoms with Crippen LogP contribution < -0.4 is 5.73 Å². The molecule has 3 aromatic rings. The van der Waals surface area contributed by atoms with Crippen LogP contribution in [0.3, 0.4) is 0 Å². The molecule has 0 aliphatic rings. The fourth-order valence-corrected chi connectivity index (χ4v) is 2.11. The highest BCUT2D eigenvalue weighted by Crippen LogP contribution is 2.22. The van der Waals surface area contributed by atoms with E-state index in [4.69, 9.17) is 10.2 Å². The maximum absolute atomic E-state index is 12.8. The molecule has 0 saturated heterocycles. The third kappa shape index (κ3) is 2.77. The molecule has 0 bridgehead atoms. The van der Waals surface area contributed by atoms with Crippen molar-refractivity contribution in [2.75, 3.05) is 5.73 Å². The molecule has 0 amide bonds. The van der Waals surface area contributed by atoms with Gasteiger partial charge in [-0.1, -0.05) is 11.8 Å². The summed E-state index contributed by atoms with van der Waals surface area (Å²) in [6.45, 7) is 0. The Morgan fingerprint density at radius 1 is 1.25 bits per heavy atom. The van der Waals surface area contributed by atoms with Gasteiger partial charge in [0.2, 0.25) is 22.9 Å². The van der Waals surface area contributed by atoms with E-state index in [1.54, 1.807) is 12.1 Å². The quantitative estimate of drug-likeness (QED) is 0.707. The van der Waals surface area contributed by atoms with Crippen LogP contribution in [0.5, 0.6) is 0 Å². The number of rotatable bonds is 4. The number of anilines is 1. The molecule has 7 nitrogen and oxygen atoms in total. The van der Waals surface area contributed by atoms with E-state index < -0.39 is 0 Å². The second-order valence-corrected chi connectivity index (χ2v) is 4.74. The van der Waals surface area contributed by atoms with E-state index in [-0.39, 0.29) is 11.8 Å². The van der Waals surface area contributed by atoms with Gasteiger partial charge in [0.15, 0.2) is 0 Å². The van der Waals surface area contributed by atoms with Crippen LogP contribution in [-0.2, 0) is 5.75 Å². The summed E-state index contributed by atoms with van der Waals surface area (Å²) in [5.41, 5.74) is 6.08. The van der Waals surface area contributed by atoms with Crippen LogP contribution in [0, 0.1) is 5.82 Å². The Balaban J connectivity index is 1.69. The number of hydrogen-bond donors (Lipinski definition) is 2. The van der Waals surface area contributed by atoms with Crippen LogP contribution in [0.15, 0.2) is 33.8 Å². The van der Waals surface area contributed by atoms with Crippen molar-refractivity contribution in [2.24, 2.45) is 0 Å². The lowest BCUT2D eigenvalue weighted by molar-refractivity contribution is 0.528. The Kier molecular flexibility index (Phi) is 3.33. The number of halogens is 1. The van der Waals surface area contributed by atoms with E-state index in [2.05, 4.69) is 25.4 Å². The summed E-state index contributed by atoms with van der Waals surface area (Å²) in [7, 11) is 0. The fraction of sp³-hybridized carbons (Fsp3) is 0.0909. The number of aromatic nitrogens is 5. The molecule has 3 N–H and O–H groups in total. The number of H-pyrrole nitrogens is 1. The average Bonchev–Trinajstić information content (AvgIpc) is 3.06. The van der Waals surface area contributed by atoms with Crippen molar-refractivity contribution in [1.82, 2.24) is 25.4 Å². The summed E-state index contributed by atoms with van der Waals surface area (Å²) in [6, 6.07) is 5.83. The molecule has 3 rings (SSSR count). The number of nitrogens with two attached hydrogens (primary N) is 1. The van der Waals surface area contributed by atoms with Gasteiger partial charge in [0.1, 0.15) is 5.82 Å². The third-order valence-electron chi connectivity index (χ3n) is 2.36. The lowest BCUT2D eigenvalue weighted by atomic mass is 10.2. The molecule has 0 unspecified atom stereocenters. The van der Waals surface area contributed by atoms with E-state index in [1.165, 1.54) is 23.9 Å². The number of nitrogen functional groups attached to an aromatic ring is 1. The summed E-state index contributed by atoms with van der Waals surface area (Å²) in [4.78, 5) is 3.94. The summed E-state index contributed by atoms with van der Waals surface area (Å²) in [6.07, 6.45) is 0. The SMILES string of the molecule is Nc1nc(SCc2nnc(-c3ccc(F)cc3)o2)n[nH]1. The van der Waals surface area contributed by atoms with Gasteiger partial charge in [-0.15, -0.1) is 15.3 Å². The van der Waals surface area contributed by atoms with Gasteiger partial charge in [-0.3, -0.25) is 0 Å². The zero-order valence-corrected chi connectivity index (χ0v) is 10.9. The zero-order chi connectivity index (χ0) is 13.9. The highest BCUT2D eigenvalue weighted by molar-refractivity contribution is 7.98. The Bertz CT molecular complexity index is 710. The smallest absolute Gasteiger partial charge is 0.247 e. The van der Waals surface area contributed by atoms with Gasteiger partial charge >= 0.3 is 0 Å². The largest absolute Gasteiger partial charge is 0.420 e. The highest BCUT2D eigenvalue weighted by Gasteiger charge is 2.10. The second-order valence-electron chi connectivity index (χ2n) is 3.80. The minimum atomic E-state index is -0.314. The second kappa shape index (κ2) is 5.29. The first kappa shape index (κ1) is 12.6. The Morgan fingerprint density at radius 2 is 2.05 bits per heavy atom. The zero-order valence-electron chi connectivity index (χ0n) is 10.1. The van der Waals surface area contributed by atoms with Crippen LogP contribution in [0.2, 0.25) is 0 Å². The Morgan fingerprint density at radius 3 is 2.75 bits per heavy atom. The molecule has 102 valence electrons. The van der Waals surface area contributed by atoms with Gasteiger partial charge in [0, 0.05) is 5.56 Å². The van der Waals surface area contributed by atoms with Crippen LogP contribution in [0.25, 0.3) is 11.5 Å². The molecule has 20 heavy (non-hydrogen) atoms. The number of hydrogen-bond acceptors (Lipinski definition) is 7. The Labute approximate surface area is 116 Å². The van der Waals surface area contributed by atoms with Gasteiger partial charge in [-0.25, -0.2) is 9.49 Å². The molecule has 1 aromatic carbocycles. The maximum atomic E-state index is 12.8. The van der Waals surface area contributed by atoms with E-state index in [1.807, 2.05) is 0 Å². The molecule has 0 aliphatic heterocycles. The number of thioether (sulfide) groups is 1. The number of nitrogens with one attached hydrogen (secondary N) is 1. The summed E-state index contributed by atoms with van der Waals surface area (Å²) in [5, 5.41) is 14.7. The van der Waals surface area contributed by atoms with E-state index >= 15 is 0 Å². The minimum absolute atomic E-state index is 0.255. The third-order valence-corrected chi connectivity index (χ3v) is 3.20. The maximum Gasteiger partial charge on any atom is 0.247 e. The monoisotopic (exact) mass is 292 g/mol. The van der Waals surface area contributed by atoms with E-state index in [0.29, 0.717) is 28.3 Å². The topological polar surface area (TPSA) is 107 Å². The van der Waals surface area contributed by atoms with Crippen molar-refractivity contribution in [3.8, 4) is 11.5 Å². The normalized spacial score (nSPS) is 10.8. The van der Waals surface area contributed by atoms with Gasteiger partial charge in [-0.2, -0.15) is 4.98 Å². The lowest BCUT2D eigenvalue weighted by Gasteiger charge is -1.93. The molecule has 0 aliphatic carbocycles. The van der Waals surface area contributed by atoms with Crippen LogP contribution in [0.1, 0.15) is 5.89 Å². The van der Waals surface area contributed by atoms with Crippen LogP contribution >= 0.6 is 11.8 Å². The van der Waals surface area contributed by atoms with Crippen LogP contribution in [0.4, 0.5) is 10.3 Å². The molecule has 9 heteroatoms. The Hall–Kier alpha value is -2.42. The van der Waals surface area contributed by atoms with E-state index in [0.717, 1.165) is 0 Å². The van der Waals surface area contributed by atoms with Crippen molar-refractivity contribution in [2.45, 2.75) is 10.9 Å². The predicted molar refractivity (Wildman–Crippen MR) is 70.0 cm³/mol. The predicted octanol–water partition coefficient (Wildman–Crippen LogP) is 1.87. The first-order valence-corrected chi connectivity index (χ1v) is 6.58. The standard InChI is InChI=1S/C11H9FN6OS/c12-7-3-1-6(2-4-7)9-16-15-8(19-9)5-20-11-14-10(13)17-18-11/h1-4H,5H2,(H3,13,14,17,18). The molecule has 0 spiro atoms. The summed E-state index contributed by atoms with van der Waals surface area (Å²) < 4.78 is 18.3. The minimum Gasteiger partial charge on any atom is -0.420 e. The first-order valence-electron chi connectivity index (χ1n) is 5.60. The molecular formula is C11H9FN6OS. The van der Waals surface area contributed by atoms with Crippen molar-refractivity contribution in [1.29, 1.82) is 0 Å². The molecule has 0 fully saturated rings. The van der Waals surface area contributed by atoms with Gasteiger partial charge in [-0.05, 0) is 24.3 Å². The summed E-state index contributed by atoms with van der Waals surface area (Å²) in [5.74, 6) is 1.13. The van der Waals surface area contributed by atoms with Gasteiger partial charge < -0.3 is 10.2 Å². The first-order chi connectivity index (χ1) is 9.70. The average molecular weight is 292 g/mol. The molecule has 2 aromatic heterocycles. The van der Waals surface area contributed by atoms with Gasteiger partial charge in [0.25, 0.3) is 0 Å². The number of nitrogens with zero attached hydrogens (tertiary/aromatic N) is 4. The highest BCUT2D eigenvalue weighted by atomic mass is 32.2. The number of benzene rings is 1. The molecule has 0 radical (unpaired) electrons. The van der Waals surface area contributed by atoms with Gasteiger partial charge in [0.05, 0.1) is 5.75 Å². The van der Waals surface area contributed by atoms with Crippen molar-refractivity contribution >= 4 is 17.7 Å². The fourth-order valence-electron chi connectivity index (χ4n) is 1.47.